The van der Waals surface area contributed by atoms with E-state index in [9.17, 15) is 0 Å². The number of hydrogen-bond donors (Lipinski definition) is 0. The first-order valence-electron chi connectivity index (χ1n) is 11.5. The van der Waals surface area contributed by atoms with E-state index in [-0.39, 0.29) is 0 Å². The minimum atomic E-state index is 0.891. The van der Waals surface area contributed by atoms with Crippen LogP contribution in [0.5, 0.6) is 0 Å². The normalized spacial score (nSPS) is 17.0. The van der Waals surface area contributed by atoms with Crippen LogP contribution in [-0.4, -0.2) is 59.2 Å². The Kier molecular flexibility index (Phi) is 4.74. The van der Waals surface area contributed by atoms with Crippen molar-refractivity contribution < 1.29 is 0 Å². The number of benzene rings is 2. The van der Waals surface area contributed by atoms with Gasteiger partial charge in [-0.25, -0.2) is 19.9 Å². The average Bonchev–Trinajstić information content (AvgIpc) is 3.38. The molecule has 0 saturated carbocycles. The highest BCUT2D eigenvalue weighted by Crippen LogP contribution is 2.32. The number of fused-ring (bicyclic) bond motifs is 2. The van der Waals surface area contributed by atoms with Gasteiger partial charge in [0.05, 0.1) is 27.8 Å². The summed E-state index contributed by atoms with van der Waals surface area (Å²) in [5, 5.41) is 0. The zero-order valence-electron chi connectivity index (χ0n) is 18.4. The van der Waals surface area contributed by atoms with E-state index in [0.717, 1.165) is 84.5 Å². The first-order valence-corrected chi connectivity index (χ1v) is 11.5. The molecule has 0 spiro atoms. The van der Waals surface area contributed by atoms with Crippen LogP contribution in [0.3, 0.4) is 0 Å². The highest BCUT2D eigenvalue weighted by Gasteiger charge is 2.27. The predicted molar refractivity (Wildman–Crippen MR) is 130 cm³/mol. The molecule has 32 heavy (non-hydrogen) atoms. The van der Waals surface area contributed by atoms with Crippen molar-refractivity contribution in [2.75, 3.05) is 54.0 Å². The summed E-state index contributed by atoms with van der Waals surface area (Å²) in [7, 11) is 0. The van der Waals surface area contributed by atoms with Crippen LogP contribution >= 0.6 is 0 Å². The van der Waals surface area contributed by atoms with Crippen molar-refractivity contribution in [3.63, 3.8) is 0 Å². The van der Waals surface area contributed by atoms with Gasteiger partial charge in [0.2, 0.25) is 0 Å². The van der Waals surface area contributed by atoms with Gasteiger partial charge in [-0.3, -0.25) is 0 Å². The van der Waals surface area contributed by atoms with Gasteiger partial charge in [-0.05, 0) is 44.0 Å². The third kappa shape index (κ3) is 3.38. The summed E-state index contributed by atoms with van der Waals surface area (Å²) in [6.07, 6.45) is 2.45. The lowest BCUT2D eigenvalue weighted by Crippen LogP contribution is -2.48. The zero-order chi connectivity index (χ0) is 21.5. The highest BCUT2D eigenvalue weighted by molar-refractivity contribution is 5.81. The Balaban J connectivity index is 1.29. The molecule has 0 bridgehead atoms. The van der Waals surface area contributed by atoms with Crippen LogP contribution in [0.25, 0.3) is 22.1 Å². The highest BCUT2D eigenvalue weighted by atomic mass is 15.3. The van der Waals surface area contributed by atoms with Crippen molar-refractivity contribution in [2.24, 2.45) is 0 Å². The van der Waals surface area contributed by atoms with E-state index in [1.807, 2.05) is 36.4 Å². The lowest BCUT2D eigenvalue weighted by Gasteiger charge is -2.37. The van der Waals surface area contributed by atoms with Gasteiger partial charge in [0.15, 0.2) is 17.5 Å². The minimum Gasteiger partial charge on any atom is -0.354 e. The minimum absolute atomic E-state index is 0.891. The van der Waals surface area contributed by atoms with Crippen molar-refractivity contribution in [3.8, 4) is 0 Å². The quantitative estimate of drug-likeness (QED) is 0.495. The molecule has 2 aliphatic rings. The van der Waals surface area contributed by atoms with E-state index in [4.69, 9.17) is 19.9 Å². The number of hydrogen-bond acceptors (Lipinski definition) is 7. The van der Waals surface area contributed by atoms with Crippen LogP contribution in [0.4, 0.5) is 17.5 Å². The number of para-hydroxylation sites is 4. The van der Waals surface area contributed by atoms with Gasteiger partial charge >= 0.3 is 0 Å². The summed E-state index contributed by atoms with van der Waals surface area (Å²) < 4.78 is 0. The Morgan fingerprint density at radius 1 is 0.500 bits per heavy atom. The zero-order valence-corrected chi connectivity index (χ0v) is 18.4. The fraction of sp³-hybridized carbons (Fsp3) is 0.360. The molecular formula is C25H27N7. The fourth-order valence-corrected chi connectivity index (χ4v) is 4.84. The molecule has 0 unspecified atom stereocenters. The molecule has 7 nitrogen and oxygen atoms in total. The van der Waals surface area contributed by atoms with Crippen LogP contribution in [0.1, 0.15) is 18.5 Å². The molecule has 7 heteroatoms. The van der Waals surface area contributed by atoms with Crippen molar-refractivity contribution in [2.45, 2.75) is 19.8 Å². The molecular weight excluding hydrogens is 398 g/mol. The first-order chi connectivity index (χ1) is 15.8. The number of piperazine rings is 1. The van der Waals surface area contributed by atoms with Crippen LogP contribution in [0.15, 0.2) is 48.5 Å². The van der Waals surface area contributed by atoms with Gasteiger partial charge in [-0.15, -0.1) is 0 Å². The van der Waals surface area contributed by atoms with Crippen LogP contribution in [0, 0.1) is 6.92 Å². The van der Waals surface area contributed by atoms with Gasteiger partial charge in [-0.2, -0.15) is 0 Å². The summed E-state index contributed by atoms with van der Waals surface area (Å²) in [6, 6.07) is 16.3. The molecule has 4 aromatic rings. The van der Waals surface area contributed by atoms with Crippen LogP contribution in [-0.2, 0) is 0 Å². The monoisotopic (exact) mass is 425 g/mol. The van der Waals surface area contributed by atoms with E-state index < -0.39 is 0 Å². The Morgan fingerprint density at radius 3 is 1.38 bits per heavy atom. The second-order valence-corrected chi connectivity index (χ2v) is 8.65. The van der Waals surface area contributed by atoms with Crippen molar-refractivity contribution in [3.05, 3.63) is 54.2 Å². The summed E-state index contributed by atoms with van der Waals surface area (Å²) in [5.74, 6) is 3.05. The number of anilines is 3. The molecule has 0 amide bonds. The standard InChI is InChI=1S/C25H27N7/c1-18-23(27-20-9-3-2-8-19(20)26-18)31-14-16-32(17-15-31)25-24(30-12-6-7-13-30)28-21-10-4-5-11-22(21)29-25/h2-5,8-11H,6-7,12-17H2,1H3. The number of aryl methyl sites for hydroxylation is 1. The van der Waals surface area contributed by atoms with Gasteiger partial charge < -0.3 is 14.7 Å². The van der Waals surface area contributed by atoms with Crippen molar-refractivity contribution in [1.82, 2.24) is 19.9 Å². The number of rotatable bonds is 3. The molecule has 2 aromatic heterocycles. The summed E-state index contributed by atoms with van der Waals surface area (Å²) in [6.45, 7) is 7.74. The Bertz CT molecular complexity index is 1270. The SMILES string of the molecule is Cc1nc2ccccc2nc1N1CCN(c2nc3ccccc3nc2N2CCCC2)CC1. The van der Waals surface area contributed by atoms with Gasteiger partial charge in [-0.1, -0.05) is 24.3 Å². The predicted octanol–water partition coefficient (Wildman–Crippen LogP) is 3.81. The van der Waals surface area contributed by atoms with Gasteiger partial charge in [0.1, 0.15) is 0 Å². The maximum absolute atomic E-state index is 5.07. The molecule has 6 rings (SSSR count). The molecule has 0 N–H and O–H groups in total. The molecule has 2 aromatic carbocycles. The average molecular weight is 426 g/mol. The smallest absolute Gasteiger partial charge is 0.172 e. The van der Waals surface area contributed by atoms with E-state index in [0.29, 0.717) is 0 Å². The second-order valence-electron chi connectivity index (χ2n) is 8.65. The lowest BCUT2D eigenvalue weighted by molar-refractivity contribution is 0.639. The molecule has 4 heterocycles. The molecule has 0 atom stereocenters. The van der Waals surface area contributed by atoms with Gasteiger partial charge in [0, 0.05) is 39.3 Å². The molecule has 2 aliphatic heterocycles. The van der Waals surface area contributed by atoms with E-state index in [1.54, 1.807) is 0 Å². The van der Waals surface area contributed by atoms with Crippen molar-refractivity contribution >= 4 is 39.5 Å². The second kappa shape index (κ2) is 7.89. The van der Waals surface area contributed by atoms with E-state index >= 15 is 0 Å². The summed E-state index contributed by atoms with van der Waals surface area (Å²) >= 11 is 0. The third-order valence-electron chi connectivity index (χ3n) is 6.54. The molecule has 2 fully saturated rings. The number of aromatic nitrogens is 4. The lowest BCUT2D eigenvalue weighted by atomic mass is 10.2. The molecule has 162 valence electrons. The topological polar surface area (TPSA) is 61.3 Å². The summed E-state index contributed by atoms with van der Waals surface area (Å²) in [5.41, 5.74) is 4.82. The van der Waals surface area contributed by atoms with E-state index in [1.165, 1.54) is 12.8 Å². The van der Waals surface area contributed by atoms with E-state index in [2.05, 4.69) is 33.8 Å². The van der Waals surface area contributed by atoms with Gasteiger partial charge in [0.25, 0.3) is 0 Å². The van der Waals surface area contributed by atoms with Crippen LogP contribution < -0.4 is 14.7 Å². The summed E-state index contributed by atoms with van der Waals surface area (Å²) in [4.78, 5) is 27.0. The molecule has 2 saturated heterocycles. The molecule has 0 radical (unpaired) electrons. The fourth-order valence-electron chi connectivity index (χ4n) is 4.84. The number of nitrogens with zero attached hydrogens (tertiary/aromatic N) is 7. The Hall–Kier alpha value is -3.48. The Labute approximate surface area is 187 Å². The Morgan fingerprint density at radius 2 is 0.875 bits per heavy atom. The van der Waals surface area contributed by atoms with Crippen LogP contribution in [0.2, 0.25) is 0 Å². The third-order valence-corrected chi connectivity index (χ3v) is 6.54. The maximum atomic E-state index is 5.07. The first kappa shape index (κ1) is 19.2. The molecule has 0 aliphatic carbocycles. The largest absolute Gasteiger partial charge is 0.354 e. The van der Waals surface area contributed by atoms with Crippen molar-refractivity contribution in [1.29, 1.82) is 0 Å². The maximum Gasteiger partial charge on any atom is 0.172 e.